The van der Waals surface area contributed by atoms with Crippen LogP contribution in [0.5, 0.6) is 5.75 Å². The summed E-state index contributed by atoms with van der Waals surface area (Å²) in [5.41, 5.74) is 2.30. The molecule has 1 fully saturated rings. The summed E-state index contributed by atoms with van der Waals surface area (Å²) in [6.07, 6.45) is 0. The molecule has 3 rings (SSSR count). The van der Waals surface area contributed by atoms with Crippen molar-refractivity contribution in [2.45, 2.75) is 18.7 Å². The number of carbonyl (C=O) groups is 1. The molecular weight excluding hydrogens is 378 g/mol. The van der Waals surface area contributed by atoms with Gasteiger partial charge in [-0.3, -0.25) is 0 Å². The van der Waals surface area contributed by atoms with Crippen molar-refractivity contribution in [2.24, 2.45) is 0 Å². The molecule has 7 nitrogen and oxygen atoms in total. The van der Waals surface area contributed by atoms with Crippen LogP contribution in [-0.4, -0.2) is 56.6 Å². The second-order valence-corrected chi connectivity index (χ2v) is 8.66. The number of hydrogen-bond donors (Lipinski definition) is 1. The van der Waals surface area contributed by atoms with E-state index in [1.165, 1.54) is 9.87 Å². The Balaban J connectivity index is 1.48. The fourth-order valence-electron chi connectivity index (χ4n) is 2.97. The van der Waals surface area contributed by atoms with Gasteiger partial charge in [0.2, 0.25) is 10.0 Å². The third-order valence-corrected chi connectivity index (χ3v) is 6.76. The molecule has 0 unspecified atom stereocenters. The van der Waals surface area contributed by atoms with E-state index in [2.05, 4.69) is 5.32 Å². The maximum atomic E-state index is 12.6. The SMILES string of the molecule is Cc1ccc(OCNC(=O)N2CCN(S(=O)(=O)c3ccccc3)CC2)cc1C. The molecule has 2 aromatic carbocycles. The van der Waals surface area contributed by atoms with Crippen LogP contribution in [0.2, 0.25) is 0 Å². The number of amides is 2. The highest BCUT2D eigenvalue weighted by Gasteiger charge is 2.29. The van der Waals surface area contributed by atoms with E-state index in [1.54, 1.807) is 35.2 Å². The Morgan fingerprint density at radius 3 is 2.32 bits per heavy atom. The number of rotatable bonds is 5. The van der Waals surface area contributed by atoms with Crippen LogP contribution in [0.1, 0.15) is 11.1 Å². The smallest absolute Gasteiger partial charge is 0.320 e. The second-order valence-electron chi connectivity index (χ2n) is 6.72. The summed E-state index contributed by atoms with van der Waals surface area (Å²) in [6, 6.07) is 13.8. The molecule has 0 radical (unpaired) electrons. The molecule has 0 atom stereocenters. The van der Waals surface area contributed by atoms with Crippen LogP contribution in [-0.2, 0) is 10.0 Å². The number of urea groups is 1. The first-order valence-corrected chi connectivity index (χ1v) is 10.6. The van der Waals surface area contributed by atoms with E-state index < -0.39 is 10.0 Å². The summed E-state index contributed by atoms with van der Waals surface area (Å²) in [7, 11) is -3.52. The maximum absolute atomic E-state index is 12.6. The number of nitrogens with one attached hydrogen (secondary N) is 1. The first-order chi connectivity index (χ1) is 13.4. The van der Waals surface area contributed by atoms with Crippen molar-refractivity contribution >= 4 is 16.1 Å². The molecule has 1 aliphatic heterocycles. The van der Waals surface area contributed by atoms with Crippen LogP contribution in [0.3, 0.4) is 0 Å². The molecule has 1 heterocycles. The van der Waals surface area contributed by atoms with Gasteiger partial charge in [0.05, 0.1) is 4.90 Å². The highest BCUT2D eigenvalue weighted by atomic mass is 32.2. The largest absolute Gasteiger partial charge is 0.473 e. The number of ether oxygens (including phenoxy) is 1. The van der Waals surface area contributed by atoms with Crippen molar-refractivity contribution in [3.05, 3.63) is 59.7 Å². The Morgan fingerprint density at radius 2 is 1.68 bits per heavy atom. The molecule has 0 aromatic heterocycles. The van der Waals surface area contributed by atoms with Crippen molar-refractivity contribution in [1.82, 2.24) is 14.5 Å². The molecule has 28 heavy (non-hydrogen) atoms. The monoisotopic (exact) mass is 403 g/mol. The lowest BCUT2D eigenvalue weighted by atomic mass is 10.1. The van der Waals surface area contributed by atoms with Gasteiger partial charge in [0, 0.05) is 26.2 Å². The normalized spacial score (nSPS) is 15.3. The Labute approximate surface area is 166 Å². The van der Waals surface area contributed by atoms with Gasteiger partial charge in [0.25, 0.3) is 0 Å². The molecule has 0 aliphatic carbocycles. The minimum Gasteiger partial charge on any atom is -0.473 e. The average Bonchev–Trinajstić information content (AvgIpc) is 2.71. The maximum Gasteiger partial charge on any atom is 0.320 e. The Morgan fingerprint density at radius 1 is 1.00 bits per heavy atom. The molecule has 1 saturated heterocycles. The summed E-state index contributed by atoms with van der Waals surface area (Å²) in [5, 5.41) is 2.72. The highest BCUT2D eigenvalue weighted by molar-refractivity contribution is 7.89. The molecule has 2 aromatic rings. The lowest BCUT2D eigenvalue weighted by Gasteiger charge is -2.33. The van der Waals surface area contributed by atoms with Gasteiger partial charge < -0.3 is 15.0 Å². The number of sulfonamides is 1. The van der Waals surface area contributed by atoms with Gasteiger partial charge in [-0.25, -0.2) is 13.2 Å². The molecular formula is C20H25N3O4S. The third kappa shape index (κ3) is 4.63. The van der Waals surface area contributed by atoms with E-state index in [-0.39, 0.29) is 30.7 Å². The number of carbonyl (C=O) groups excluding carboxylic acids is 1. The first kappa shape index (κ1) is 20.2. The van der Waals surface area contributed by atoms with Gasteiger partial charge in [-0.05, 0) is 49.2 Å². The highest BCUT2D eigenvalue weighted by Crippen LogP contribution is 2.18. The zero-order valence-corrected chi connectivity index (χ0v) is 16.9. The summed E-state index contributed by atoms with van der Waals surface area (Å²) >= 11 is 0. The molecule has 150 valence electrons. The molecule has 0 saturated carbocycles. The molecule has 1 N–H and O–H groups in total. The lowest BCUT2D eigenvalue weighted by molar-refractivity contribution is 0.162. The summed E-state index contributed by atoms with van der Waals surface area (Å²) in [5.74, 6) is 0.696. The second kappa shape index (κ2) is 8.62. The number of hydrogen-bond acceptors (Lipinski definition) is 4. The van der Waals surface area contributed by atoms with Crippen molar-refractivity contribution in [1.29, 1.82) is 0 Å². The quantitative estimate of drug-likeness (QED) is 0.778. The van der Waals surface area contributed by atoms with Crippen molar-refractivity contribution in [3.63, 3.8) is 0 Å². The van der Waals surface area contributed by atoms with Crippen molar-refractivity contribution in [2.75, 3.05) is 32.9 Å². The van der Waals surface area contributed by atoms with Crippen LogP contribution < -0.4 is 10.1 Å². The van der Waals surface area contributed by atoms with Gasteiger partial charge >= 0.3 is 6.03 Å². The van der Waals surface area contributed by atoms with E-state index in [4.69, 9.17) is 4.74 Å². The van der Waals surface area contributed by atoms with Crippen molar-refractivity contribution < 1.29 is 17.9 Å². The van der Waals surface area contributed by atoms with E-state index in [1.807, 2.05) is 32.0 Å². The number of aryl methyl sites for hydroxylation is 2. The Kier molecular flexibility index (Phi) is 6.21. The number of benzene rings is 2. The van der Waals surface area contributed by atoms with Crippen LogP contribution >= 0.6 is 0 Å². The predicted molar refractivity (Wildman–Crippen MR) is 107 cm³/mol. The third-order valence-electron chi connectivity index (χ3n) is 4.85. The number of piperazine rings is 1. The van der Waals surface area contributed by atoms with E-state index in [0.717, 1.165) is 5.56 Å². The minimum atomic E-state index is -3.52. The Hall–Kier alpha value is -2.58. The molecule has 2 amide bonds. The summed E-state index contributed by atoms with van der Waals surface area (Å²) in [4.78, 5) is 14.2. The average molecular weight is 404 g/mol. The fraction of sp³-hybridized carbons (Fsp3) is 0.350. The Bertz CT molecular complexity index is 924. The van der Waals surface area contributed by atoms with Crippen LogP contribution in [0.15, 0.2) is 53.4 Å². The minimum absolute atomic E-state index is 0.0594. The fourth-order valence-corrected chi connectivity index (χ4v) is 4.41. The summed E-state index contributed by atoms with van der Waals surface area (Å²) in [6.45, 7) is 5.29. The zero-order valence-electron chi connectivity index (χ0n) is 16.1. The standard InChI is InChI=1S/C20H25N3O4S/c1-16-8-9-18(14-17(16)2)27-15-21-20(24)22-10-12-23(13-11-22)28(25,26)19-6-4-3-5-7-19/h3-9,14H,10-13,15H2,1-2H3,(H,21,24). The topological polar surface area (TPSA) is 79.0 Å². The van der Waals surface area contributed by atoms with Crippen LogP contribution in [0.25, 0.3) is 0 Å². The van der Waals surface area contributed by atoms with Crippen LogP contribution in [0, 0.1) is 13.8 Å². The zero-order chi connectivity index (χ0) is 20.1. The first-order valence-electron chi connectivity index (χ1n) is 9.16. The van der Waals surface area contributed by atoms with Gasteiger partial charge in [-0.2, -0.15) is 4.31 Å². The van der Waals surface area contributed by atoms with Gasteiger partial charge in [-0.1, -0.05) is 24.3 Å². The molecule has 8 heteroatoms. The van der Waals surface area contributed by atoms with Gasteiger partial charge in [0.15, 0.2) is 6.73 Å². The van der Waals surface area contributed by atoms with Gasteiger partial charge in [-0.15, -0.1) is 0 Å². The molecule has 0 spiro atoms. The predicted octanol–water partition coefficient (Wildman–Crippen LogP) is 2.36. The molecule has 0 bridgehead atoms. The van der Waals surface area contributed by atoms with E-state index >= 15 is 0 Å². The van der Waals surface area contributed by atoms with E-state index in [0.29, 0.717) is 18.8 Å². The van der Waals surface area contributed by atoms with Crippen molar-refractivity contribution in [3.8, 4) is 5.75 Å². The molecule has 1 aliphatic rings. The summed E-state index contributed by atoms with van der Waals surface area (Å²) < 4.78 is 32.2. The lowest BCUT2D eigenvalue weighted by Crippen LogP contribution is -2.53. The number of nitrogens with zero attached hydrogens (tertiary/aromatic N) is 2. The van der Waals surface area contributed by atoms with Crippen LogP contribution in [0.4, 0.5) is 4.79 Å². The van der Waals surface area contributed by atoms with Gasteiger partial charge in [0.1, 0.15) is 5.75 Å². The van der Waals surface area contributed by atoms with E-state index in [9.17, 15) is 13.2 Å².